The predicted molar refractivity (Wildman–Crippen MR) is 88.8 cm³/mol. The maximum absolute atomic E-state index is 12.4. The SMILES string of the molecule is CNCC1CCN(CC(=O)N2CCCC(C(N)=O)C2)CC1.Cl. The van der Waals surface area contributed by atoms with E-state index in [2.05, 4.69) is 10.2 Å². The molecule has 0 aromatic carbocycles. The van der Waals surface area contributed by atoms with E-state index in [1.807, 2.05) is 11.9 Å². The Morgan fingerprint density at radius 1 is 1.18 bits per heavy atom. The van der Waals surface area contributed by atoms with Crippen molar-refractivity contribution in [3.63, 3.8) is 0 Å². The number of rotatable bonds is 5. The van der Waals surface area contributed by atoms with Crippen molar-refractivity contribution >= 4 is 24.2 Å². The molecule has 0 radical (unpaired) electrons. The Kier molecular flexibility index (Phi) is 8.14. The number of carbonyl (C=O) groups excluding carboxylic acids is 2. The van der Waals surface area contributed by atoms with Crippen LogP contribution in [0, 0.1) is 11.8 Å². The second-order valence-electron chi connectivity index (χ2n) is 6.36. The fourth-order valence-electron chi connectivity index (χ4n) is 3.36. The molecule has 2 heterocycles. The van der Waals surface area contributed by atoms with Crippen molar-refractivity contribution in [2.45, 2.75) is 25.7 Å². The van der Waals surface area contributed by atoms with E-state index < -0.39 is 0 Å². The summed E-state index contributed by atoms with van der Waals surface area (Å²) >= 11 is 0. The lowest BCUT2D eigenvalue weighted by molar-refractivity contribution is -0.136. The van der Waals surface area contributed by atoms with Crippen molar-refractivity contribution in [2.24, 2.45) is 17.6 Å². The molecule has 0 bridgehead atoms. The summed E-state index contributed by atoms with van der Waals surface area (Å²) in [5, 5.41) is 3.22. The van der Waals surface area contributed by atoms with Gasteiger partial charge in [-0.25, -0.2) is 0 Å². The highest BCUT2D eigenvalue weighted by Gasteiger charge is 2.28. The summed E-state index contributed by atoms with van der Waals surface area (Å²) in [5.74, 6) is 0.438. The van der Waals surface area contributed by atoms with Crippen LogP contribution < -0.4 is 11.1 Å². The van der Waals surface area contributed by atoms with Gasteiger partial charge in [-0.05, 0) is 58.3 Å². The number of nitrogens with two attached hydrogens (primary N) is 1. The first-order chi connectivity index (χ1) is 10.1. The van der Waals surface area contributed by atoms with Crippen LogP contribution in [-0.4, -0.2) is 67.9 Å². The molecule has 7 heteroatoms. The molecule has 0 aliphatic carbocycles. The van der Waals surface area contributed by atoms with Crippen LogP contribution in [0.25, 0.3) is 0 Å². The number of primary amides is 1. The van der Waals surface area contributed by atoms with Gasteiger partial charge in [0.2, 0.25) is 11.8 Å². The number of halogens is 1. The van der Waals surface area contributed by atoms with Gasteiger partial charge in [-0.15, -0.1) is 12.4 Å². The van der Waals surface area contributed by atoms with Gasteiger partial charge in [-0.2, -0.15) is 0 Å². The second-order valence-corrected chi connectivity index (χ2v) is 6.36. The molecule has 0 saturated carbocycles. The maximum Gasteiger partial charge on any atom is 0.236 e. The van der Waals surface area contributed by atoms with Crippen LogP contribution in [0.15, 0.2) is 0 Å². The molecule has 2 rings (SSSR count). The number of nitrogens with one attached hydrogen (secondary N) is 1. The van der Waals surface area contributed by atoms with E-state index in [1.165, 1.54) is 0 Å². The minimum Gasteiger partial charge on any atom is -0.369 e. The molecule has 1 atom stereocenters. The summed E-state index contributed by atoms with van der Waals surface area (Å²) in [5.41, 5.74) is 5.36. The molecule has 128 valence electrons. The van der Waals surface area contributed by atoms with Gasteiger partial charge >= 0.3 is 0 Å². The molecule has 0 spiro atoms. The summed E-state index contributed by atoms with van der Waals surface area (Å²) in [4.78, 5) is 27.7. The van der Waals surface area contributed by atoms with Crippen molar-refractivity contribution in [1.29, 1.82) is 0 Å². The lowest BCUT2D eigenvalue weighted by Crippen LogP contribution is -2.49. The Bertz CT molecular complexity index is 373. The molecular weight excluding hydrogens is 304 g/mol. The molecule has 2 aliphatic rings. The van der Waals surface area contributed by atoms with Crippen LogP contribution in [0.4, 0.5) is 0 Å². The molecule has 22 heavy (non-hydrogen) atoms. The molecule has 6 nitrogen and oxygen atoms in total. The van der Waals surface area contributed by atoms with Gasteiger partial charge in [0.1, 0.15) is 0 Å². The molecule has 2 amide bonds. The number of hydrogen-bond donors (Lipinski definition) is 2. The molecule has 0 aromatic rings. The summed E-state index contributed by atoms with van der Waals surface area (Å²) in [6.45, 7) is 4.80. The summed E-state index contributed by atoms with van der Waals surface area (Å²) in [6, 6.07) is 0. The molecule has 1 unspecified atom stereocenters. The molecule has 0 aromatic heterocycles. The Morgan fingerprint density at radius 2 is 1.86 bits per heavy atom. The van der Waals surface area contributed by atoms with E-state index in [-0.39, 0.29) is 30.1 Å². The van der Waals surface area contributed by atoms with Gasteiger partial charge in [0.25, 0.3) is 0 Å². The average molecular weight is 333 g/mol. The smallest absolute Gasteiger partial charge is 0.236 e. The highest BCUT2D eigenvalue weighted by Crippen LogP contribution is 2.18. The van der Waals surface area contributed by atoms with Crippen molar-refractivity contribution in [3.8, 4) is 0 Å². The number of hydrogen-bond acceptors (Lipinski definition) is 4. The van der Waals surface area contributed by atoms with Crippen LogP contribution in [0.3, 0.4) is 0 Å². The zero-order valence-corrected chi connectivity index (χ0v) is 14.2. The van der Waals surface area contributed by atoms with E-state index in [9.17, 15) is 9.59 Å². The normalized spacial score (nSPS) is 23.9. The number of carbonyl (C=O) groups is 2. The Morgan fingerprint density at radius 3 is 2.45 bits per heavy atom. The Labute approximate surface area is 139 Å². The van der Waals surface area contributed by atoms with Crippen LogP contribution >= 0.6 is 12.4 Å². The third kappa shape index (κ3) is 5.41. The summed E-state index contributed by atoms with van der Waals surface area (Å²) < 4.78 is 0. The highest BCUT2D eigenvalue weighted by atomic mass is 35.5. The van der Waals surface area contributed by atoms with Gasteiger partial charge in [0, 0.05) is 13.1 Å². The van der Waals surface area contributed by atoms with Gasteiger partial charge < -0.3 is 16.0 Å². The third-order valence-corrected chi connectivity index (χ3v) is 4.74. The molecular formula is C15H29ClN4O2. The highest BCUT2D eigenvalue weighted by molar-refractivity contribution is 5.85. The Balaban J connectivity index is 0.00000242. The van der Waals surface area contributed by atoms with Gasteiger partial charge in [-0.3, -0.25) is 14.5 Å². The first-order valence-corrected chi connectivity index (χ1v) is 8.04. The van der Waals surface area contributed by atoms with Gasteiger partial charge in [0.05, 0.1) is 12.5 Å². The predicted octanol–water partition coefficient (Wildman–Crippen LogP) is 0.0635. The number of nitrogens with zero attached hydrogens (tertiary/aromatic N) is 2. The Hall–Kier alpha value is -0.850. The number of likely N-dealkylation sites (tertiary alicyclic amines) is 2. The fraction of sp³-hybridized carbons (Fsp3) is 0.867. The maximum atomic E-state index is 12.4. The topological polar surface area (TPSA) is 78.7 Å². The van der Waals surface area contributed by atoms with E-state index in [1.54, 1.807) is 0 Å². The fourth-order valence-corrected chi connectivity index (χ4v) is 3.36. The monoisotopic (exact) mass is 332 g/mol. The summed E-state index contributed by atoms with van der Waals surface area (Å²) in [7, 11) is 1.99. The van der Waals surface area contributed by atoms with Crippen LogP contribution in [0.1, 0.15) is 25.7 Å². The summed E-state index contributed by atoms with van der Waals surface area (Å²) in [6.07, 6.45) is 3.99. The first-order valence-electron chi connectivity index (χ1n) is 8.04. The molecule has 2 aliphatic heterocycles. The van der Waals surface area contributed by atoms with E-state index >= 15 is 0 Å². The molecule has 3 N–H and O–H groups in total. The quantitative estimate of drug-likeness (QED) is 0.746. The number of amides is 2. The minimum absolute atomic E-state index is 0. The van der Waals surface area contributed by atoms with E-state index in [4.69, 9.17) is 5.73 Å². The van der Waals surface area contributed by atoms with Gasteiger partial charge in [0.15, 0.2) is 0 Å². The minimum atomic E-state index is -0.277. The zero-order chi connectivity index (χ0) is 15.2. The zero-order valence-electron chi connectivity index (χ0n) is 13.4. The van der Waals surface area contributed by atoms with Crippen molar-refractivity contribution in [1.82, 2.24) is 15.1 Å². The molecule has 2 fully saturated rings. The second kappa shape index (κ2) is 9.33. The van der Waals surface area contributed by atoms with E-state index in [0.717, 1.165) is 57.8 Å². The van der Waals surface area contributed by atoms with Crippen molar-refractivity contribution < 1.29 is 9.59 Å². The largest absolute Gasteiger partial charge is 0.369 e. The first kappa shape index (κ1) is 19.2. The van der Waals surface area contributed by atoms with E-state index in [0.29, 0.717) is 13.1 Å². The van der Waals surface area contributed by atoms with Crippen LogP contribution in [0.5, 0.6) is 0 Å². The average Bonchev–Trinajstić information content (AvgIpc) is 2.49. The standard InChI is InChI=1S/C15H28N4O2.ClH/c1-17-9-12-4-7-18(8-5-12)11-14(20)19-6-2-3-13(10-19)15(16)21;/h12-13,17H,2-11H2,1H3,(H2,16,21);1H. The van der Waals surface area contributed by atoms with Crippen molar-refractivity contribution in [2.75, 3.05) is 46.3 Å². The number of piperidine rings is 2. The third-order valence-electron chi connectivity index (χ3n) is 4.74. The lowest BCUT2D eigenvalue weighted by atomic mass is 9.96. The van der Waals surface area contributed by atoms with Crippen molar-refractivity contribution in [3.05, 3.63) is 0 Å². The molecule has 2 saturated heterocycles. The van der Waals surface area contributed by atoms with Crippen LogP contribution in [0.2, 0.25) is 0 Å². The van der Waals surface area contributed by atoms with Gasteiger partial charge in [-0.1, -0.05) is 0 Å². The lowest BCUT2D eigenvalue weighted by Gasteiger charge is -2.35. The van der Waals surface area contributed by atoms with Crippen LogP contribution in [-0.2, 0) is 9.59 Å².